The molecular weight excluding hydrogens is 431 g/mol. The maximum atomic E-state index is 14.3. The fourth-order valence-corrected chi connectivity index (χ4v) is 3.99. The van der Waals surface area contributed by atoms with E-state index in [1.54, 1.807) is 0 Å². The van der Waals surface area contributed by atoms with Gasteiger partial charge >= 0.3 is 18.0 Å². The van der Waals surface area contributed by atoms with Gasteiger partial charge in [-0.05, 0) is 32.1 Å². The van der Waals surface area contributed by atoms with Gasteiger partial charge in [-0.1, -0.05) is 18.5 Å². The third-order valence-electron chi connectivity index (χ3n) is 5.23. The third kappa shape index (κ3) is 3.71. The molecule has 1 aliphatic carbocycles. The van der Waals surface area contributed by atoms with Crippen LogP contribution in [-0.4, -0.2) is 43.6 Å². The van der Waals surface area contributed by atoms with Crippen LogP contribution in [0.5, 0.6) is 0 Å². The number of anilines is 1. The van der Waals surface area contributed by atoms with Crippen molar-refractivity contribution in [2.75, 3.05) is 5.32 Å². The van der Waals surface area contributed by atoms with Crippen LogP contribution in [0.25, 0.3) is 5.78 Å². The number of fused-ring (bicyclic) bond motifs is 1. The van der Waals surface area contributed by atoms with Crippen LogP contribution in [0.4, 0.5) is 36.6 Å². The minimum atomic E-state index is -6.03. The first-order chi connectivity index (χ1) is 13.4. The summed E-state index contributed by atoms with van der Waals surface area (Å²) >= 11 is 6.31. The maximum Gasteiger partial charge on any atom is 0.431 e. The van der Waals surface area contributed by atoms with Crippen molar-refractivity contribution >= 4 is 23.2 Å². The van der Waals surface area contributed by atoms with Crippen LogP contribution in [0.15, 0.2) is 6.33 Å². The molecule has 0 aliphatic heterocycles. The van der Waals surface area contributed by atoms with Crippen molar-refractivity contribution in [1.29, 1.82) is 0 Å². The van der Waals surface area contributed by atoms with E-state index in [0.29, 0.717) is 17.9 Å². The standard InChI is InChI=1S/C16H17ClF7N5/c1-2-10-11(17)12(29-13(28-10)25-7-26-29)27-9-5-3-8(4-6-9)14(18,15(19,20)21)16(22,23)24/h7-9,27H,2-6H2,1H3/t8-,9+. The Hall–Kier alpha value is -1.85. The molecule has 13 heteroatoms. The molecule has 5 nitrogen and oxygen atoms in total. The minimum Gasteiger partial charge on any atom is -0.366 e. The van der Waals surface area contributed by atoms with Gasteiger partial charge < -0.3 is 5.32 Å². The summed E-state index contributed by atoms with van der Waals surface area (Å²) in [5.41, 5.74) is -4.71. The number of aryl methyl sites for hydroxylation is 1. The highest BCUT2D eigenvalue weighted by Gasteiger charge is 2.75. The molecule has 29 heavy (non-hydrogen) atoms. The first kappa shape index (κ1) is 21.8. The zero-order chi connectivity index (χ0) is 21.6. The zero-order valence-electron chi connectivity index (χ0n) is 15.1. The Bertz CT molecular complexity index is 857. The summed E-state index contributed by atoms with van der Waals surface area (Å²) < 4.78 is 93.3. The van der Waals surface area contributed by atoms with Gasteiger partial charge in [-0.3, -0.25) is 0 Å². The number of rotatable bonds is 4. The summed E-state index contributed by atoms with van der Waals surface area (Å²) in [4.78, 5) is 8.19. The average molecular weight is 448 g/mol. The summed E-state index contributed by atoms with van der Waals surface area (Å²) in [6, 6.07) is -0.506. The summed E-state index contributed by atoms with van der Waals surface area (Å²) in [6.45, 7) is 1.81. The summed E-state index contributed by atoms with van der Waals surface area (Å²) in [5, 5.41) is 7.22. The molecule has 0 amide bonds. The smallest absolute Gasteiger partial charge is 0.366 e. The van der Waals surface area contributed by atoms with E-state index in [1.807, 2.05) is 6.92 Å². The van der Waals surface area contributed by atoms with Crippen molar-refractivity contribution in [3.8, 4) is 0 Å². The lowest BCUT2D eigenvalue weighted by atomic mass is 9.75. The van der Waals surface area contributed by atoms with E-state index in [1.165, 1.54) is 10.8 Å². The number of halogens is 8. The van der Waals surface area contributed by atoms with Crippen LogP contribution in [0.3, 0.4) is 0 Å². The van der Waals surface area contributed by atoms with Gasteiger partial charge in [0.2, 0.25) is 0 Å². The topological polar surface area (TPSA) is 55.1 Å². The SMILES string of the molecule is CCc1nc2ncnn2c(N[C@H]2CC[C@@H](C(F)(C(F)(F)F)C(F)(F)F)CC2)c1Cl. The lowest BCUT2D eigenvalue weighted by Gasteiger charge is -2.40. The summed E-state index contributed by atoms with van der Waals surface area (Å²) in [7, 11) is 0. The largest absolute Gasteiger partial charge is 0.431 e. The number of aromatic nitrogens is 4. The normalized spacial score (nSPS) is 21.6. The molecule has 0 aromatic carbocycles. The predicted octanol–water partition coefficient (Wildman–Crippen LogP) is 5.14. The molecule has 0 atom stereocenters. The molecule has 2 heterocycles. The molecule has 2 aromatic heterocycles. The van der Waals surface area contributed by atoms with E-state index in [2.05, 4.69) is 20.4 Å². The van der Waals surface area contributed by atoms with Crippen molar-refractivity contribution in [3.63, 3.8) is 0 Å². The Balaban J connectivity index is 1.80. The highest BCUT2D eigenvalue weighted by Crippen LogP contribution is 2.54. The van der Waals surface area contributed by atoms with Crippen LogP contribution in [-0.2, 0) is 6.42 Å². The van der Waals surface area contributed by atoms with Gasteiger partial charge in [-0.25, -0.2) is 9.37 Å². The first-order valence-electron chi connectivity index (χ1n) is 8.87. The molecule has 1 aliphatic rings. The highest BCUT2D eigenvalue weighted by atomic mass is 35.5. The first-order valence-corrected chi connectivity index (χ1v) is 9.25. The Morgan fingerprint density at radius 2 is 1.66 bits per heavy atom. The molecule has 0 unspecified atom stereocenters. The van der Waals surface area contributed by atoms with Crippen LogP contribution in [0.2, 0.25) is 5.02 Å². The molecule has 0 bridgehead atoms. The van der Waals surface area contributed by atoms with Gasteiger partial charge in [-0.15, -0.1) is 0 Å². The van der Waals surface area contributed by atoms with Gasteiger partial charge in [0.1, 0.15) is 11.3 Å². The maximum absolute atomic E-state index is 14.3. The van der Waals surface area contributed by atoms with Crippen molar-refractivity contribution in [2.24, 2.45) is 5.92 Å². The molecule has 0 saturated heterocycles. The molecule has 0 spiro atoms. The second kappa shape index (κ2) is 7.44. The van der Waals surface area contributed by atoms with Crippen LogP contribution >= 0.6 is 11.6 Å². The van der Waals surface area contributed by atoms with Crippen LogP contribution in [0, 0.1) is 5.92 Å². The molecule has 1 fully saturated rings. The Kier molecular flexibility index (Phi) is 5.61. The summed E-state index contributed by atoms with van der Waals surface area (Å²) in [6.07, 6.45) is -11.7. The highest BCUT2D eigenvalue weighted by molar-refractivity contribution is 6.33. The monoisotopic (exact) mass is 447 g/mol. The minimum absolute atomic E-state index is 0.0984. The number of nitrogens with one attached hydrogen (secondary N) is 1. The second-order valence-electron chi connectivity index (χ2n) is 6.95. The van der Waals surface area contributed by atoms with Crippen molar-refractivity contribution in [2.45, 2.75) is 63.1 Å². The van der Waals surface area contributed by atoms with Crippen molar-refractivity contribution in [1.82, 2.24) is 19.6 Å². The molecule has 3 rings (SSSR count). The second-order valence-corrected chi connectivity index (χ2v) is 7.32. The van der Waals surface area contributed by atoms with Gasteiger partial charge in [0.05, 0.1) is 5.69 Å². The van der Waals surface area contributed by atoms with Crippen molar-refractivity contribution in [3.05, 3.63) is 17.0 Å². The Labute approximate surface area is 165 Å². The van der Waals surface area contributed by atoms with E-state index in [4.69, 9.17) is 11.6 Å². The van der Waals surface area contributed by atoms with Gasteiger partial charge in [0.25, 0.3) is 5.78 Å². The lowest BCUT2D eigenvalue weighted by Crippen LogP contribution is -2.59. The fraction of sp³-hybridized carbons (Fsp3) is 0.688. The third-order valence-corrected chi connectivity index (χ3v) is 5.63. The van der Waals surface area contributed by atoms with Gasteiger partial charge in [0, 0.05) is 12.0 Å². The fourth-order valence-electron chi connectivity index (χ4n) is 3.68. The average Bonchev–Trinajstić information content (AvgIpc) is 3.10. The number of hydrogen-bond donors (Lipinski definition) is 1. The molecule has 162 valence electrons. The lowest BCUT2D eigenvalue weighted by molar-refractivity contribution is -0.360. The number of hydrogen-bond acceptors (Lipinski definition) is 4. The van der Waals surface area contributed by atoms with E-state index < -0.39 is 42.8 Å². The Morgan fingerprint density at radius 3 is 2.17 bits per heavy atom. The molecule has 1 saturated carbocycles. The number of nitrogens with zero attached hydrogens (tertiary/aromatic N) is 4. The predicted molar refractivity (Wildman–Crippen MR) is 90.5 cm³/mol. The molecule has 1 N–H and O–H groups in total. The molecule has 2 aromatic rings. The van der Waals surface area contributed by atoms with Crippen LogP contribution in [0.1, 0.15) is 38.3 Å². The van der Waals surface area contributed by atoms with Gasteiger partial charge in [-0.2, -0.15) is 40.9 Å². The Morgan fingerprint density at radius 1 is 1.07 bits per heavy atom. The number of alkyl halides is 7. The van der Waals surface area contributed by atoms with E-state index in [9.17, 15) is 30.7 Å². The zero-order valence-corrected chi connectivity index (χ0v) is 15.8. The van der Waals surface area contributed by atoms with E-state index in [-0.39, 0.29) is 23.6 Å². The van der Waals surface area contributed by atoms with Crippen LogP contribution < -0.4 is 5.32 Å². The van der Waals surface area contributed by atoms with Gasteiger partial charge in [0.15, 0.2) is 5.82 Å². The summed E-state index contributed by atoms with van der Waals surface area (Å²) in [5.74, 6) is -1.65. The molecular formula is C16H17ClF7N5. The quantitative estimate of drug-likeness (QED) is 0.659. The van der Waals surface area contributed by atoms with E-state index >= 15 is 0 Å². The molecule has 0 radical (unpaired) electrons. The van der Waals surface area contributed by atoms with E-state index in [0.717, 1.165) is 0 Å². The van der Waals surface area contributed by atoms with Crippen molar-refractivity contribution < 1.29 is 30.7 Å².